The summed E-state index contributed by atoms with van der Waals surface area (Å²) in [6.07, 6.45) is 3.77. The van der Waals surface area contributed by atoms with Crippen LogP contribution in [-0.2, 0) is 38.5 Å². The second kappa shape index (κ2) is 15.4. The zero-order valence-corrected chi connectivity index (χ0v) is 30.0. The first-order valence-corrected chi connectivity index (χ1v) is 19.3. The Kier molecular flexibility index (Phi) is 10.7. The molecule has 0 aliphatic carbocycles. The SMILES string of the molecule is C=CCc1cc(C(c2ccccc2)(c2ccccc2)c2ccc(OS(=O)(=O)c3ccc(F)cc3)c(CC=C)c2)ccc1OS(=O)(=O)c1ccc(F)cc1. The minimum Gasteiger partial charge on any atom is -0.379 e. The Morgan fingerprint density at radius 2 is 0.849 bits per heavy atom. The average molecular weight is 749 g/mol. The van der Waals surface area contributed by atoms with Crippen LogP contribution in [0.25, 0.3) is 0 Å². The van der Waals surface area contributed by atoms with Crippen LogP contribution in [0, 0.1) is 11.6 Å². The van der Waals surface area contributed by atoms with Gasteiger partial charge < -0.3 is 8.37 Å². The van der Waals surface area contributed by atoms with Gasteiger partial charge in [0, 0.05) is 0 Å². The third-order valence-electron chi connectivity index (χ3n) is 8.73. The van der Waals surface area contributed by atoms with Gasteiger partial charge in [0.25, 0.3) is 0 Å². The largest absolute Gasteiger partial charge is 0.379 e. The highest BCUT2D eigenvalue weighted by Crippen LogP contribution is 2.47. The van der Waals surface area contributed by atoms with Crippen molar-refractivity contribution in [1.29, 1.82) is 0 Å². The van der Waals surface area contributed by atoms with Crippen molar-refractivity contribution in [1.82, 2.24) is 0 Å². The summed E-state index contributed by atoms with van der Waals surface area (Å²) < 4.78 is 91.7. The summed E-state index contributed by atoms with van der Waals surface area (Å²) >= 11 is 0. The zero-order chi connectivity index (χ0) is 37.6. The van der Waals surface area contributed by atoms with Crippen molar-refractivity contribution in [2.75, 3.05) is 0 Å². The van der Waals surface area contributed by atoms with E-state index >= 15 is 0 Å². The van der Waals surface area contributed by atoms with Crippen LogP contribution in [0.2, 0.25) is 0 Å². The van der Waals surface area contributed by atoms with E-state index in [4.69, 9.17) is 8.37 Å². The van der Waals surface area contributed by atoms with Gasteiger partial charge in [-0.2, -0.15) is 16.8 Å². The van der Waals surface area contributed by atoms with E-state index in [1.807, 2.05) is 72.8 Å². The number of allylic oxidation sites excluding steroid dienone is 2. The first kappa shape index (κ1) is 36.9. The molecule has 6 nitrogen and oxygen atoms in total. The van der Waals surface area contributed by atoms with Gasteiger partial charge in [0.05, 0.1) is 5.41 Å². The number of hydrogen-bond donors (Lipinski definition) is 0. The van der Waals surface area contributed by atoms with Crippen molar-refractivity contribution in [3.63, 3.8) is 0 Å². The number of halogens is 2. The molecule has 0 N–H and O–H groups in total. The van der Waals surface area contributed by atoms with Gasteiger partial charge in [-0.05, 0) is 107 Å². The zero-order valence-electron chi connectivity index (χ0n) is 28.4. The fourth-order valence-corrected chi connectivity index (χ4v) is 8.26. The molecule has 0 aliphatic rings. The van der Waals surface area contributed by atoms with E-state index in [1.54, 1.807) is 36.4 Å². The molecule has 10 heteroatoms. The van der Waals surface area contributed by atoms with E-state index in [1.165, 1.54) is 0 Å². The van der Waals surface area contributed by atoms with Gasteiger partial charge in [-0.25, -0.2) is 8.78 Å². The molecule has 6 rings (SSSR count). The number of rotatable bonds is 14. The van der Waals surface area contributed by atoms with Crippen LogP contribution < -0.4 is 8.37 Å². The highest BCUT2D eigenvalue weighted by atomic mass is 32.2. The average Bonchev–Trinajstić information content (AvgIpc) is 3.15. The highest BCUT2D eigenvalue weighted by Gasteiger charge is 2.39. The Labute approximate surface area is 308 Å². The van der Waals surface area contributed by atoms with Crippen LogP contribution in [0.5, 0.6) is 11.5 Å². The lowest BCUT2D eigenvalue weighted by Gasteiger charge is -2.37. The summed E-state index contributed by atoms with van der Waals surface area (Å²) in [6, 6.07) is 38.7. The second-order valence-electron chi connectivity index (χ2n) is 12.1. The lowest BCUT2D eigenvalue weighted by Crippen LogP contribution is -2.31. The Balaban J connectivity index is 1.56. The molecule has 0 saturated carbocycles. The topological polar surface area (TPSA) is 86.7 Å². The molecule has 0 saturated heterocycles. The molecule has 0 atom stereocenters. The molecule has 53 heavy (non-hydrogen) atoms. The molecular formula is C43H34F2O6S2. The Morgan fingerprint density at radius 1 is 0.491 bits per heavy atom. The smallest absolute Gasteiger partial charge is 0.339 e. The molecule has 0 radical (unpaired) electrons. The molecule has 0 amide bonds. The van der Waals surface area contributed by atoms with Crippen molar-refractivity contribution < 1.29 is 34.0 Å². The van der Waals surface area contributed by atoms with Gasteiger partial charge >= 0.3 is 20.2 Å². The Morgan fingerprint density at radius 3 is 1.19 bits per heavy atom. The molecule has 0 spiro atoms. The minimum absolute atomic E-state index is 0.0788. The minimum atomic E-state index is -4.32. The Bertz CT molecular complexity index is 2290. The summed E-state index contributed by atoms with van der Waals surface area (Å²) in [5.41, 5.74) is 3.22. The monoisotopic (exact) mass is 748 g/mol. The predicted molar refractivity (Wildman–Crippen MR) is 201 cm³/mol. The first-order chi connectivity index (χ1) is 25.5. The molecule has 0 aromatic heterocycles. The van der Waals surface area contributed by atoms with Crippen LogP contribution in [0.15, 0.2) is 181 Å². The Hall–Kier alpha value is -5.84. The van der Waals surface area contributed by atoms with Crippen molar-refractivity contribution in [2.24, 2.45) is 0 Å². The van der Waals surface area contributed by atoms with Crippen molar-refractivity contribution in [2.45, 2.75) is 28.0 Å². The predicted octanol–water partition coefficient (Wildman–Crippen LogP) is 9.34. The molecule has 0 fully saturated rings. The third-order valence-corrected chi connectivity index (χ3v) is 11.2. The van der Waals surface area contributed by atoms with E-state index in [-0.39, 0.29) is 34.1 Å². The summed E-state index contributed by atoms with van der Waals surface area (Å²) in [7, 11) is -8.64. The van der Waals surface area contributed by atoms with Crippen LogP contribution >= 0.6 is 0 Å². The maximum absolute atomic E-state index is 13.6. The van der Waals surface area contributed by atoms with Gasteiger partial charge in [0.2, 0.25) is 0 Å². The fourth-order valence-electron chi connectivity index (χ4n) is 6.33. The van der Waals surface area contributed by atoms with Gasteiger partial charge in [0.15, 0.2) is 0 Å². The summed E-state index contributed by atoms with van der Waals surface area (Å²) in [6.45, 7) is 7.77. The van der Waals surface area contributed by atoms with Gasteiger partial charge in [0.1, 0.15) is 32.9 Å². The maximum Gasteiger partial charge on any atom is 0.339 e. The molecule has 0 aliphatic heterocycles. The third kappa shape index (κ3) is 7.69. The maximum atomic E-state index is 13.6. The lowest BCUT2D eigenvalue weighted by molar-refractivity contribution is 0.481. The quantitative estimate of drug-likeness (QED) is 0.0627. The van der Waals surface area contributed by atoms with E-state index in [0.29, 0.717) is 11.1 Å². The standard InChI is InChI=1S/C43H34F2O6S2/c1-3-11-31-29-35(17-27-41(31)50-52(46,47)39-23-19-37(44)20-24-39)43(33-13-7-5-8-14-33,34-15-9-6-10-16-34)36-18-28-42(32(30-36)12-4-2)51-53(48,49)40-25-21-38(45)22-26-40/h3-10,13-30H,1-2,11-12H2. The van der Waals surface area contributed by atoms with Crippen molar-refractivity contribution in [3.05, 3.63) is 216 Å². The highest BCUT2D eigenvalue weighted by molar-refractivity contribution is 7.87. The molecule has 6 aromatic carbocycles. The molecule has 0 unspecified atom stereocenters. The van der Waals surface area contributed by atoms with Crippen LogP contribution in [0.3, 0.4) is 0 Å². The summed E-state index contributed by atoms with van der Waals surface area (Å²) in [5, 5.41) is 0. The van der Waals surface area contributed by atoms with Crippen LogP contribution in [-0.4, -0.2) is 16.8 Å². The van der Waals surface area contributed by atoms with Crippen molar-refractivity contribution >= 4 is 20.2 Å². The molecule has 0 bridgehead atoms. The number of hydrogen-bond acceptors (Lipinski definition) is 6. The molecule has 0 heterocycles. The van der Waals surface area contributed by atoms with E-state index in [2.05, 4.69) is 13.2 Å². The van der Waals surface area contributed by atoms with Gasteiger partial charge in [-0.3, -0.25) is 0 Å². The van der Waals surface area contributed by atoms with Crippen LogP contribution in [0.4, 0.5) is 8.78 Å². The van der Waals surface area contributed by atoms with Gasteiger partial charge in [-0.1, -0.05) is 97.1 Å². The number of benzene rings is 6. The van der Waals surface area contributed by atoms with E-state index in [0.717, 1.165) is 70.8 Å². The molecular weight excluding hydrogens is 715 g/mol. The van der Waals surface area contributed by atoms with Crippen LogP contribution in [0.1, 0.15) is 33.4 Å². The summed E-state index contributed by atoms with van der Waals surface area (Å²) in [5.74, 6) is -1.00. The molecule has 6 aromatic rings. The molecule has 268 valence electrons. The second-order valence-corrected chi connectivity index (χ2v) is 15.2. The van der Waals surface area contributed by atoms with Crippen molar-refractivity contribution in [3.8, 4) is 11.5 Å². The fraction of sp³-hybridized carbons (Fsp3) is 0.0698. The van der Waals surface area contributed by atoms with E-state index in [9.17, 15) is 25.6 Å². The lowest BCUT2D eigenvalue weighted by atomic mass is 9.64. The normalized spacial score (nSPS) is 11.8. The first-order valence-electron chi connectivity index (χ1n) is 16.5. The van der Waals surface area contributed by atoms with Gasteiger partial charge in [-0.15, -0.1) is 13.2 Å². The summed E-state index contributed by atoms with van der Waals surface area (Å²) in [4.78, 5) is -0.400. The van der Waals surface area contributed by atoms with E-state index < -0.39 is 37.3 Å².